The van der Waals surface area contributed by atoms with Crippen LogP contribution < -0.4 is 4.74 Å². The normalized spacial score (nSPS) is 12.2. The maximum Gasteiger partial charge on any atom is 0.416 e. The van der Waals surface area contributed by atoms with Gasteiger partial charge in [0.15, 0.2) is 17.3 Å². The number of carbonyl (C=O) groups excluding carboxylic acids is 1. The van der Waals surface area contributed by atoms with Crippen LogP contribution in [0.4, 0.5) is 13.2 Å². The number of hydrogen-bond donors (Lipinski definition) is 2. The van der Waals surface area contributed by atoms with E-state index in [0.717, 1.165) is 36.6 Å². The summed E-state index contributed by atoms with van der Waals surface area (Å²) in [6.07, 6.45) is -1.23. The fraction of sp³-hybridized carbons (Fsp3) is 0.0625. The number of nitrogens with zero attached hydrogens (tertiary/aromatic N) is 2. The molecular weight excluding hydrogens is 355 g/mol. The second-order valence-electron chi connectivity index (χ2n) is 4.99. The molecule has 0 atom stereocenters. The molecule has 3 aromatic rings. The maximum absolute atomic E-state index is 12.5. The van der Waals surface area contributed by atoms with Crippen molar-refractivity contribution in [2.24, 2.45) is 0 Å². The van der Waals surface area contributed by atoms with Crippen molar-refractivity contribution in [3.63, 3.8) is 0 Å². The Labute approximate surface area is 143 Å². The molecule has 0 saturated heterocycles. The third-order valence-corrected chi connectivity index (χ3v) is 3.15. The third kappa shape index (κ3) is 3.91. The molecular formula is C16H10F3N3O4. The van der Waals surface area contributed by atoms with Crippen LogP contribution in [0.5, 0.6) is 11.5 Å². The molecule has 0 spiro atoms. The molecule has 0 amide bonds. The number of furan rings is 1. The summed E-state index contributed by atoms with van der Waals surface area (Å²) < 4.78 is 47.9. The van der Waals surface area contributed by atoms with E-state index in [1.807, 2.05) is 0 Å². The predicted molar refractivity (Wildman–Crippen MR) is 81.5 cm³/mol. The zero-order valence-corrected chi connectivity index (χ0v) is 12.8. The number of rotatable bonds is 5. The summed E-state index contributed by atoms with van der Waals surface area (Å²) in [6, 6.07) is 5.28. The Morgan fingerprint density at radius 3 is 2.58 bits per heavy atom. The lowest BCUT2D eigenvalue weighted by atomic mass is 10.2. The number of aliphatic hydroxyl groups excluding tert-OH is 1. The zero-order chi connectivity index (χ0) is 18.7. The van der Waals surface area contributed by atoms with Gasteiger partial charge < -0.3 is 14.3 Å². The van der Waals surface area contributed by atoms with E-state index >= 15 is 0 Å². The summed E-state index contributed by atoms with van der Waals surface area (Å²) in [4.78, 5) is 15.7. The Morgan fingerprint density at radius 2 is 1.96 bits per heavy atom. The first kappa shape index (κ1) is 17.3. The average molecular weight is 365 g/mol. The number of alkyl halides is 3. The highest BCUT2D eigenvalue weighted by Gasteiger charge is 2.30. The van der Waals surface area contributed by atoms with Gasteiger partial charge in [-0.1, -0.05) is 0 Å². The first-order chi connectivity index (χ1) is 12.3. The SMILES string of the molecule is O=C(C=C(O)c1nc[nH]n1)c1cc(Oc2ccc(C(F)(F)F)cc2)co1. The minimum absolute atomic E-state index is 0.0638. The molecule has 0 aliphatic heterocycles. The molecule has 2 aromatic heterocycles. The smallest absolute Gasteiger partial charge is 0.416 e. The summed E-state index contributed by atoms with van der Waals surface area (Å²) in [5.41, 5.74) is -0.805. The molecule has 7 nitrogen and oxygen atoms in total. The van der Waals surface area contributed by atoms with E-state index in [2.05, 4.69) is 15.2 Å². The molecule has 0 aliphatic carbocycles. The molecule has 1 aromatic carbocycles. The van der Waals surface area contributed by atoms with Gasteiger partial charge in [-0.25, -0.2) is 4.98 Å². The van der Waals surface area contributed by atoms with Gasteiger partial charge in [0.1, 0.15) is 18.3 Å². The average Bonchev–Trinajstić information content (AvgIpc) is 3.26. The zero-order valence-electron chi connectivity index (χ0n) is 12.8. The van der Waals surface area contributed by atoms with E-state index in [0.29, 0.717) is 0 Å². The molecule has 26 heavy (non-hydrogen) atoms. The molecule has 10 heteroatoms. The Hall–Kier alpha value is -3.56. The van der Waals surface area contributed by atoms with Crippen molar-refractivity contribution in [2.75, 3.05) is 0 Å². The van der Waals surface area contributed by atoms with Gasteiger partial charge in [-0.2, -0.15) is 18.3 Å². The maximum atomic E-state index is 12.5. The number of halogens is 3. The van der Waals surface area contributed by atoms with Crippen molar-refractivity contribution >= 4 is 11.5 Å². The molecule has 0 fully saturated rings. The first-order valence-corrected chi connectivity index (χ1v) is 7.08. The molecule has 0 radical (unpaired) electrons. The number of aromatic nitrogens is 3. The second-order valence-corrected chi connectivity index (χ2v) is 4.99. The molecule has 0 bridgehead atoms. The van der Waals surface area contributed by atoms with E-state index in [4.69, 9.17) is 9.15 Å². The predicted octanol–water partition coefficient (Wildman–Crippen LogP) is 3.99. The third-order valence-electron chi connectivity index (χ3n) is 3.15. The number of H-pyrrole nitrogens is 1. The Bertz CT molecular complexity index is 929. The lowest BCUT2D eigenvalue weighted by molar-refractivity contribution is -0.137. The van der Waals surface area contributed by atoms with Crippen LogP contribution in [0.3, 0.4) is 0 Å². The van der Waals surface area contributed by atoms with Crippen molar-refractivity contribution < 1.29 is 32.2 Å². The minimum atomic E-state index is -4.44. The van der Waals surface area contributed by atoms with Gasteiger partial charge in [0.2, 0.25) is 11.6 Å². The lowest BCUT2D eigenvalue weighted by Gasteiger charge is -2.07. The van der Waals surface area contributed by atoms with Crippen LogP contribution in [0.25, 0.3) is 5.76 Å². The number of aliphatic hydroxyl groups is 1. The molecule has 2 N–H and O–H groups in total. The van der Waals surface area contributed by atoms with E-state index in [9.17, 15) is 23.1 Å². The number of ether oxygens (including phenoxy) is 1. The van der Waals surface area contributed by atoms with Crippen LogP contribution in [0.2, 0.25) is 0 Å². The fourth-order valence-corrected chi connectivity index (χ4v) is 1.94. The molecule has 3 rings (SSSR count). The van der Waals surface area contributed by atoms with Crippen LogP contribution in [0.1, 0.15) is 21.9 Å². The topological polar surface area (TPSA) is 101 Å². The van der Waals surface area contributed by atoms with Crippen LogP contribution in [0.15, 0.2) is 53.4 Å². The van der Waals surface area contributed by atoms with Crippen molar-refractivity contribution in [1.29, 1.82) is 0 Å². The van der Waals surface area contributed by atoms with Gasteiger partial charge in [-0.3, -0.25) is 9.89 Å². The molecule has 0 saturated carbocycles. The van der Waals surface area contributed by atoms with Crippen molar-refractivity contribution in [1.82, 2.24) is 15.2 Å². The molecule has 0 aliphatic rings. The number of aromatic amines is 1. The highest BCUT2D eigenvalue weighted by Crippen LogP contribution is 2.31. The monoisotopic (exact) mass is 365 g/mol. The van der Waals surface area contributed by atoms with Crippen molar-refractivity contribution in [2.45, 2.75) is 6.18 Å². The van der Waals surface area contributed by atoms with Gasteiger partial charge in [-0.05, 0) is 24.3 Å². The lowest BCUT2D eigenvalue weighted by Crippen LogP contribution is -2.03. The summed E-state index contributed by atoms with van der Waals surface area (Å²) in [7, 11) is 0. The van der Waals surface area contributed by atoms with Crippen molar-refractivity contribution in [3.8, 4) is 11.5 Å². The Kier molecular flexibility index (Phi) is 4.48. The van der Waals surface area contributed by atoms with E-state index in [1.54, 1.807) is 0 Å². The number of hydrogen-bond acceptors (Lipinski definition) is 6. The minimum Gasteiger partial charge on any atom is -0.504 e. The van der Waals surface area contributed by atoms with Crippen LogP contribution >= 0.6 is 0 Å². The highest BCUT2D eigenvalue weighted by molar-refractivity contribution is 6.05. The van der Waals surface area contributed by atoms with Crippen LogP contribution in [-0.4, -0.2) is 26.1 Å². The van der Waals surface area contributed by atoms with E-state index in [1.165, 1.54) is 12.4 Å². The van der Waals surface area contributed by atoms with Gasteiger partial charge in [0, 0.05) is 12.1 Å². The Morgan fingerprint density at radius 1 is 1.23 bits per heavy atom. The largest absolute Gasteiger partial charge is 0.504 e. The first-order valence-electron chi connectivity index (χ1n) is 7.08. The number of ketones is 1. The summed E-state index contributed by atoms with van der Waals surface area (Å²) in [5, 5.41) is 15.7. The summed E-state index contributed by atoms with van der Waals surface area (Å²) in [6.45, 7) is 0. The second kappa shape index (κ2) is 6.75. The number of carbonyl (C=O) groups is 1. The van der Waals surface area contributed by atoms with Crippen LogP contribution in [0, 0.1) is 0 Å². The summed E-state index contributed by atoms with van der Waals surface area (Å²) >= 11 is 0. The Balaban J connectivity index is 1.70. The van der Waals surface area contributed by atoms with Gasteiger partial charge in [0.05, 0.1) is 5.56 Å². The molecule has 2 heterocycles. The van der Waals surface area contributed by atoms with Gasteiger partial charge >= 0.3 is 6.18 Å². The number of nitrogens with one attached hydrogen (secondary N) is 1. The number of allylic oxidation sites excluding steroid dienone is 1. The number of benzene rings is 1. The van der Waals surface area contributed by atoms with Gasteiger partial charge in [-0.15, -0.1) is 0 Å². The van der Waals surface area contributed by atoms with E-state index in [-0.39, 0.29) is 23.1 Å². The fourth-order valence-electron chi connectivity index (χ4n) is 1.94. The highest BCUT2D eigenvalue weighted by atomic mass is 19.4. The van der Waals surface area contributed by atoms with Crippen LogP contribution in [-0.2, 0) is 6.18 Å². The van der Waals surface area contributed by atoms with Gasteiger partial charge in [0.25, 0.3) is 0 Å². The van der Waals surface area contributed by atoms with Crippen molar-refractivity contribution in [3.05, 3.63) is 66.1 Å². The summed E-state index contributed by atoms with van der Waals surface area (Å²) in [5.74, 6) is -1.09. The molecule has 134 valence electrons. The van der Waals surface area contributed by atoms with E-state index < -0.39 is 23.3 Å². The standard InChI is InChI=1S/C16H10F3N3O4/c17-16(18,19)9-1-3-10(4-2-9)26-11-5-14(25-7-11)12(23)6-13(24)15-20-8-21-22-15/h1-8,24H,(H,20,21,22). The molecule has 0 unspecified atom stereocenters. The quantitative estimate of drug-likeness (QED) is 0.403.